The first-order valence-electron chi connectivity index (χ1n) is 5.56. The summed E-state index contributed by atoms with van der Waals surface area (Å²) >= 11 is 0. The zero-order valence-corrected chi connectivity index (χ0v) is 8.78. The minimum atomic E-state index is -0.354. The van der Waals surface area contributed by atoms with Crippen LogP contribution in [-0.2, 0) is 9.47 Å². The summed E-state index contributed by atoms with van der Waals surface area (Å²) < 4.78 is 10.4. The van der Waals surface area contributed by atoms with Crippen molar-refractivity contribution in [1.82, 2.24) is 5.32 Å². The zero-order valence-electron chi connectivity index (χ0n) is 8.78. The van der Waals surface area contributed by atoms with E-state index >= 15 is 0 Å². The van der Waals surface area contributed by atoms with Crippen LogP contribution in [0.15, 0.2) is 0 Å². The van der Waals surface area contributed by atoms with E-state index in [1.165, 1.54) is 0 Å². The lowest BCUT2D eigenvalue weighted by molar-refractivity contribution is 0.0886. The van der Waals surface area contributed by atoms with Gasteiger partial charge in [0.2, 0.25) is 0 Å². The van der Waals surface area contributed by atoms with E-state index in [-0.39, 0.29) is 24.3 Å². The quantitative estimate of drug-likeness (QED) is 0.697. The molecule has 3 N–H and O–H groups in total. The largest absolute Gasteiger partial charge is 0.445 e. The molecule has 1 aliphatic heterocycles. The molecule has 1 saturated heterocycles. The van der Waals surface area contributed by atoms with Gasteiger partial charge < -0.3 is 20.5 Å². The summed E-state index contributed by atoms with van der Waals surface area (Å²) in [5.41, 5.74) is 5.81. The SMILES string of the molecule is NC1CCCC1OC(=O)NC1CCOC1. The lowest BCUT2D eigenvalue weighted by atomic mass is 10.2. The van der Waals surface area contributed by atoms with Gasteiger partial charge in [0.1, 0.15) is 6.10 Å². The van der Waals surface area contributed by atoms with Crippen LogP contribution in [0.4, 0.5) is 4.79 Å². The van der Waals surface area contributed by atoms with Gasteiger partial charge in [0.05, 0.1) is 12.6 Å². The molecule has 5 nitrogen and oxygen atoms in total. The lowest BCUT2D eigenvalue weighted by Crippen LogP contribution is -2.41. The molecule has 86 valence electrons. The van der Waals surface area contributed by atoms with Crippen molar-refractivity contribution in [2.24, 2.45) is 5.73 Å². The van der Waals surface area contributed by atoms with Crippen LogP contribution in [0.5, 0.6) is 0 Å². The molecule has 1 amide bonds. The van der Waals surface area contributed by atoms with Crippen molar-refractivity contribution >= 4 is 6.09 Å². The molecule has 2 fully saturated rings. The van der Waals surface area contributed by atoms with Gasteiger partial charge in [-0.1, -0.05) is 0 Å². The second kappa shape index (κ2) is 4.81. The number of nitrogens with two attached hydrogens (primary N) is 1. The molecule has 0 spiro atoms. The molecule has 0 aromatic carbocycles. The molecule has 1 saturated carbocycles. The first-order valence-corrected chi connectivity index (χ1v) is 5.56. The maximum absolute atomic E-state index is 11.5. The number of alkyl carbamates (subject to hydrolysis) is 1. The fourth-order valence-electron chi connectivity index (χ4n) is 2.09. The maximum Gasteiger partial charge on any atom is 0.407 e. The highest BCUT2D eigenvalue weighted by atomic mass is 16.6. The zero-order chi connectivity index (χ0) is 10.7. The normalized spacial score (nSPS) is 35.4. The van der Waals surface area contributed by atoms with Crippen LogP contribution in [0.3, 0.4) is 0 Å². The number of carbonyl (C=O) groups excluding carboxylic acids is 1. The molecule has 3 atom stereocenters. The Kier molecular flexibility index (Phi) is 3.43. The molecule has 1 aliphatic carbocycles. The topological polar surface area (TPSA) is 73.6 Å². The van der Waals surface area contributed by atoms with Crippen molar-refractivity contribution in [2.75, 3.05) is 13.2 Å². The fourth-order valence-corrected chi connectivity index (χ4v) is 2.09. The minimum absolute atomic E-state index is 0.00979. The van der Waals surface area contributed by atoms with Crippen molar-refractivity contribution in [3.05, 3.63) is 0 Å². The van der Waals surface area contributed by atoms with E-state index in [9.17, 15) is 4.79 Å². The molecule has 2 rings (SSSR count). The lowest BCUT2D eigenvalue weighted by Gasteiger charge is -2.18. The van der Waals surface area contributed by atoms with Gasteiger partial charge in [-0.05, 0) is 25.7 Å². The van der Waals surface area contributed by atoms with Crippen molar-refractivity contribution in [1.29, 1.82) is 0 Å². The highest BCUT2D eigenvalue weighted by Gasteiger charge is 2.28. The molecule has 0 aromatic heterocycles. The Morgan fingerprint density at radius 1 is 1.40 bits per heavy atom. The van der Waals surface area contributed by atoms with Gasteiger partial charge in [0.25, 0.3) is 0 Å². The van der Waals surface area contributed by atoms with Crippen LogP contribution in [0.2, 0.25) is 0 Å². The Bertz CT molecular complexity index is 229. The highest BCUT2D eigenvalue weighted by Crippen LogP contribution is 2.20. The van der Waals surface area contributed by atoms with E-state index in [2.05, 4.69) is 5.32 Å². The molecule has 1 heterocycles. The molecule has 3 unspecified atom stereocenters. The summed E-state index contributed by atoms with van der Waals surface area (Å²) in [7, 11) is 0. The fraction of sp³-hybridized carbons (Fsp3) is 0.900. The van der Waals surface area contributed by atoms with Crippen molar-refractivity contribution in [2.45, 2.75) is 43.9 Å². The first-order chi connectivity index (χ1) is 7.25. The van der Waals surface area contributed by atoms with Gasteiger partial charge in [-0.2, -0.15) is 0 Å². The van der Waals surface area contributed by atoms with Crippen LogP contribution < -0.4 is 11.1 Å². The Balaban J connectivity index is 1.71. The standard InChI is InChI=1S/C10H18N2O3/c11-8-2-1-3-9(8)15-10(13)12-7-4-5-14-6-7/h7-9H,1-6,11H2,(H,12,13). The van der Waals surface area contributed by atoms with Crippen LogP contribution in [0.25, 0.3) is 0 Å². The Morgan fingerprint density at radius 2 is 2.27 bits per heavy atom. The highest BCUT2D eigenvalue weighted by molar-refractivity contribution is 5.68. The Labute approximate surface area is 89.3 Å². The Hall–Kier alpha value is -0.810. The summed E-state index contributed by atoms with van der Waals surface area (Å²) in [5, 5.41) is 2.78. The van der Waals surface area contributed by atoms with Gasteiger partial charge >= 0.3 is 6.09 Å². The molecular formula is C10H18N2O3. The van der Waals surface area contributed by atoms with Crippen molar-refractivity contribution in [3.8, 4) is 0 Å². The molecule has 2 aliphatic rings. The van der Waals surface area contributed by atoms with E-state index in [4.69, 9.17) is 15.2 Å². The van der Waals surface area contributed by atoms with Crippen LogP contribution in [0, 0.1) is 0 Å². The molecule has 5 heteroatoms. The van der Waals surface area contributed by atoms with E-state index in [1.54, 1.807) is 0 Å². The number of carbonyl (C=O) groups is 1. The minimum Gasteiger partial charge on any atom is -0.445 e. The number of nitrogens with one attached hydrogen (secondary N) is 1. The number of hydrogen-bond donors (Lipinski definition) is 2. The molecule has 0 radical (unpaired) electrons. The van der Waals surface area contributed by atoms with Gasteiger partial charge in [0.15, 0.2) is 0 Å². The summed E-state index contributed by atoms with van der Waals surface area (Å²) in [6.45, 7) is 1.31. The second-order valence-electron chi connectivity index (χ2n) is 4.24. The molecule has 0 bridgehead atoms. The van der Waals surface area contributed by atoms with E-state index < -0.39 is 0 Å². The van der Waals surface area contributed by atoms with Gasteiger partial charge in [-0.3, -0.25) is 0 Å². The summed E-state index contributed by atoms with van der Waals surface area (Å²) in [6, 6.07) is 0.116. The summed E-state index contributed by atoms with van der Waals surface area (Å²) in [4.78, 5) is 11.5. The maximum atomic E-state index is 11.5. The average Bonchev–Trinajstić information content (AvgIpc) is 2.79. The van der Waals surface area contributed by atoms with Gasteiger partial charge in [0, 0.05) is 12.6 Å². The van der Waals surface area contributed by atoms with Crippen molar-refractivity contribution in [3.63, 3.8) is 0 Å². The molecule has 15 heavy (non-hydrogen) atoms. The van der Waals surface area contributed by atoms with E-state index in [1.807, 2.05) is 0 Å². The number of hydrogen-bond acceptors (Lipinski definition) is 4. The predicted octanol–water partition coefficient (Wildman–Crippen LogP) is 0.381. The average molecular weight is 214 g/mol. The number of rotatable bonds is 2. The van der Waals surface area contributed by atoms with E-state index in [0.717, 1.165) is 25.7 Å². The third-order valence-electron chi connectivity index (χ3n) is 3.01. The van der Waals surface area contributed by atoms with Crippen molar-refractivity contribution < 1.29 is 14.3 Å². The third kappa shape index (κ3) is 2.82. The summed E-state index contributed by atoms with van der Waals surface area (Å²) in [5.74, 6) is 0. The monoisotopic (exact) mass is 214 g/mol. The molecular weight excluding hydrogens is 196 g/mol. The third-order valence-corrected chi connectivity index (χ3v) is 3.01. The Morgan fingerprint density at radius 3 is 2.87 bits per heavy atom. The number of amides is 1. The first kappa shape index (κ1) is 10.7. The predicted molar refractivity (Wildman–Crippen MR) is 54.5 cm³/mol. The van der Waals surface area contributed by atoms with Crippen LogP contribution in [0.1, 0.15) is 25.7 Å². The van der Waals surface area contributed by atoms with E-state index in [0.29, 0.717) is 13.2 Å². The second-order valence-corrected chi connectivity index (χ2v) is 4.24. The number of ether oxygens (including phenoxy) is 2. The van der Waals surface area contributed by atoms with Crippen LogP contribution >= 0.6 is 0 Å². The van der Waals surface area contributed by atoms with Gasteiger partial charge in [-0.15, -0.1) is 0 Å². The van der Waals surface area contributed by atoms with Crippen LogP contribution in [-0.4, -0.2) is 37.5 Å². The molecule has 0 aromatic rings. The van der Waals surface area contributed by atoms with Gasteiger partial charge in [-0.25, -0.2) is 4.79 Å². The smallest absolute Gasteiger partial charge is 0.407 e. The summed E-state index contributed by atoms with van der Waals surface area (Å²) in [6.07, 6.45) is 3.29.